The summed E-state index contributed by atoms with van der Waals surface area (Å²) in [6.07, 6.45) is 0. The normalized spacial score (nSPS) is 13.9. The van der Waals surface area contributed by atoms with Crippen LogP contribution in [-0.2, 0) is 5.41 Å². The zero-order valence-corrected chi connectivity index (χ0v) is 17.2. The number of hydrogen-bond acceptors (Lipinski definition) is 1. The molecule has 0 spiro atoms. The van der Waals surface area contributed by atoms with E-state index in [1.54, 1.807) is 0 Å². The molecule has 0 atom stereocenters. The average molecular weight is 386 g/mol. The van der Waals surface area contributed by atoms with Gasteiger partial charge in [-0.05, 0) is 63.4 Å². The molecule has 0 heterocycles. The lowest BCUT2D eigenvalue weighted by atomic mass is 9.81. The average Bonchev–Trinajstić information content (AvgIpc) is 3.00. The largest absolute Gasteiger partial charge is 0.355 e. The maximum absolute atomic E-state index is 3.73. The van der Waals surface area contributed by atoms with Gasteiger partial charge < -0.3 is 5.32 Å². The fourth-order valence-electron chi connectivity index (χ4n) is 5.06. The van der Waals surface area contributed by atoms with Crippen molar-refractivity contribution in [1.82, 2.24) is 0 Å². The minimum atomic E-state index is 0.0127. The quantitative estimate of drug-likeness (QED) is 0.303. The number of benzene rings is 5. The number of anilines is 2. The summed E-state index contributed by atoms with van der Waals surface area (Å²) in [7, 11) is 0. The van der Waals surface area contributed by atoms with Crippen LogP contribution in [0.4, 0.5) is 11.4 Å². The fourth-order valence-corrected chi connectivity index (χ4v) is 5.06. The molecule has 1 N–H and O–H groups in total. The van der Waals surface area contributed by atoms with E-state index in [-0.39, 0.29) is 5.41 Å². The zero-order chi connectivity index (χ0) is 20.3. The molecule has 0 fully saturated rings. The lowest BCUT2D eigenvalue weighted by Gasteiger charge is -2.22. The molecule has 1 nitrogen and oxygen atoms in total. The molecule has 1 heteroatoms. The molecule has 0 aliphatic heterocycles. The first-order chi connectivity index (χ1) is 14.6. The van der Waals surface area contributed by atoms with Crippen molar-refractivity contribution in [3.8, 4) is 11.1 Å². The van der Waals surface area contributed by atoms with Crippen molar-refractivity contribution >= 4 is 32.9 Å². The van der Waals surface area contributed by atoms with Crippen LogP contribution in [0, 0.1) is 0 Å². The van der Waals surface area contributed by atoms with Gasteiger partial charge in [0.2, 0.25) is 0 Å². The Morgan fingerprint density at radius 3 is 2.17 bits per heavy atom. The maximum Gasteiger partial charge on any atom is 0.0543 e. The lowest BCUT2D eigenvalue weighted by Crippen LogP contribution is -2.14. The highest BCUT2D eigenvalue weighted by atomic mass is 14.9. The molecule has 0 saturated carbocycles. The van der Waals surface area contributed by atoms with Crippen molar-refractivity contribution in [2.45, 2.75) is 19.3 Å². The van der Waals surface area contributed by atoms with Crippen LogP contribution in [-0.4, -0.2) is 0 Å². The smallest absolute Gasteiger partial charge is 0.0543 e. The summed E-state index contributed by atoms with van der Waals surface area (Å²) in [5.74, 6) is 0. The number of rotatable bonds is 2. The molecular weight excluding hydrogens is 362 g/mol. The minimum Gasteiger partial charge on any atom is -0.355 e. The lowest BCUT2D eigenvalue weighted by molar-refractivity contribution is 0.661. The first-order valence-corrected chi connectivity index (χ1v) is 10.5. The van der Waals surface area contributed by atoms with Crippen LogP contribution in [0.15, 0.2) is 97.1 Å². The van der Waals surface area contributed by atoms with Gasteiger partial charge in [-0.2, -0.15) is 0 Å². The van der Waals surface area contributed by atoms with Gasteiger partial charge >= 0.3 is 0 Å². The Hall–Kier alpha value is -3.58. The van der Waals surface area contributed by atoms with Gasteiger partial charge in [-0.1, -0.05) is 80.6 Å². The third-order valence-electron chi connectivity index (χ3n) is 6.61. The molecule has 5 aromatic carbocycles. The molecule has 0 radical (unpaired) electrons. The Kier molecular flexibility index (Phi) is 3.58. The van der Waals surface area contributed by atoms with Crippen molar-refractivity contribution in [2.24, 2.45) is 0 Å². The Balaban J connectivity index is 1.70. The van der Waals surface area contributed by atoms with Crippen molar-refractivity contribution in [1.29, 1.82) is 0 Å². The second-order valence-corrected chi connectivity index (χ2v) is 8.75. The Morgan fingerprint density at radius 1 is 0.567 bits per heavy atom. The van der Waals surface area contributed by atoms with Gasteiger partial charge in [0.1, 0.15) is 0 Å². The van der Waals surface area contributed by atoms with Crippen molar-refractivity contribution in [3.63, 3.8) is 0 Å². The molecule has 5 aromatic rings. The highest BCUT2D eigenvalue weighted by Crippen LogP contribution is 2.51. The predicted octanol–water partition coefficient (Wildman–Crippen LogP) is 8.04. The molecule has 0 saturated heterocycles. The summed E-state index contributed by atoms with van der Waals surface area (Å²) in [5, 5.41) is 8.79. The van der Waals surface area contributed by atoms with Crippen LogP contribution >= 0.6 is 0 Å². The molecule has 0 aromatic heterocycles. The number of nitrogens with one attached hydrogen (secondary N) is 1. The van der Waals surface area contributed by atoms with Crippen molar-refractivity contribution in [2.75, 3.05) is 5.32 Å². The van der Waals surface area contributed by atoms with E-state index in [4.69, 9.17) is 0 Å². The summed E-state index contributed by atoms with van der Waals surface area (Å²) in [6.45, 7) is 4.68. The summed E-state index contributed by atoms with van der Waals surface area (Å²) in [6, 6.07) is 35.1. The van der Waals surface area contributed by atoms with E-state index in [0.717, 1.165) is 5.69 Å². The van der Waals surface area contributed by atoms with Crippen molar-refractivity contribution in [3.05, 3.63) is 108 Å². The fraction of sp³-hybridized carbons (Fsp3) is 0.103. The number of para-hydroxylation sites is 1. The van der Waals surface area contributed by atoms with Crippen LogP contribution in [0.25, 0.3) is 32.7 Å². The van der Waals surface area contributed by atoms with Crippen LogP contribution in [0.2, 0.25) is 0 Å². The number of fused-ring (bicyclic) bond motifs is 5. The molecule has 0 bridgehead atoms. The molecule has 144 valence electrons. The standard InChI is InChI=1S/C29H23N/c1-29(2)26-15-9-8-14-23(26)25-18-24-20(17-27(25)29)16-19-10-6-7-13-22(19)28(24)30-21-11-4-3-5-12-21/h3-18,30H,1-2H3. The Labute approximate surface area is 177 Å². The monoisotopic (exact) mass is 385 g/mol. The van der Waals surface area contributed by atoms with Gasteiger partial charge in [-0.3, -0.25) is 0 Å². The van der Waals surface area contributed by atoms with Gasteiger partial charge in [0.05, 0.1) is 5.69 Å². The van der Waals surface area contributed by atoms with Gasteiger partial charge in [0.25, 0.3) is 0 Å². The number of hydrogen-bond donors (Lipinski definition) is 1. The van der Waals surface area contributed by atoms with Crippen LogP contribution in [0.5, 0.6) is 0 Å². The molecule has 0 amide bonds. The summed E-state index contributed by atoms with van der Waals surface area (Å²) in [4.78, 5) is 0. The molecule has 1 aliphatic rings. The molecule has 30 heavy (non-hydrogen) atoms. The first kappa shape index (κ1) is 17.3. The van der Waals surface area contributed by atoms with E-state index < -0.39 is 0 Å². The first-order valence-electron chi connectivity index (χ1n) is 10.5. The van der Waals surface area contributed by atoms with E-state index >= 15 is 0 Å². The van der Waals surface area contributed by atoms with Crippen LogP contribution in [0.1, 0.15) is 25.0 Å². The van der Waals surface area contributed by atoms with E-state index in [9.17, 15) is 0 Å². The van der Waals surface area contributed by atoms with Crippen molar-refractivity contribution < 1.29 is 0 Å². The third-order valence-corrected chi connectivity index (χ3v) is 6.61. The Bertz CT molecular complexity index is 1430. The Morgan fingerprint density at radius 2 is 1.30 bits per heavy atom. The SMILES string of the molecule is CC1(C)c2ccccc2-c2cc3c(Nc4ccccc4)c4ccccc4cc3cc21. The van der Waals surface area contributed by atoms with Gasteiger partial charge in [-0.15, -0.1) is 0 Å². The summed E-state index contributed by atoms with van der Waals surface area (Å²) < 4.78 is 0. The van der Waals surface area contributed by atoms with Gasteiger partial charge in [0.15, 0.2) is 0 Å². The molecule has 6 rings (SSSR count). The molecule has 1 aliphatic carbocycles. The third kappa shape index (κ3) is 2.42. The molecular formula is C29H23N. The second kappa shape index (κ2) is 6.21. The van der Waals surface area contributed by atoms with Gasteiger partial charge in [-0.25, -0.2) is 0 Å². The highest BCUT2D eigenvalue weighted by molar-refractivity contribution is 6.13. The van der Waals surface area contributed by atoms with E-state index in [0.29, 0.717) is 0 Å². The summed E-state index contributed by atoms with van der Waals surface area (Å²) >= 11 is 0. The van der Waals surface area contributed by atoms with Crippen LogP contribution < -0.4 is 5.32 Å². The van der Waals surface area contributed by atoms with E-state index in [1.165, 1.54) is 49.5 Å². The predicted molar refractivity (Wildman–Crippen MR) is 129 cm³/mol. The molecule has 0 unspecified atom stereocenters. The van der Waals surface area contributed by atoms with E-state index in [1.807, 2.05) is 0 Å². The highest BCUT2D eigenvalue weighted by Gasteiger charge is 2.35. The van der Waals surface area contributed by atoms with E-state index in [2.05, 4.69) is 116 Å². The minimum absolute atomic E-state index is 0.0127. The second-order valence-electron chi connectivity index (χ2n) is 8.75. The topological polar surface area (TPSA) is 12.0 Å². The zero-order valence-electron chi connectivity index (χ0n) is 17.2. The van der Waals surface area contributed by atoms with Crippen LogP contribution in [0.3, 0.4) is 0 Å². The van der Waals surface area contributed by atoms with Gasteiger partial charge in [0, 0.05) is 21.9 Å². The summed E-state index contributed by atoms with van der Waals surface area (Å²) in [5.41, 5.74) is 7.84. The maximum atomic E-state index is 3.73.